The second-order valence-electron chi connectivity index (χ2n) is 6.30. The lowest BCUT2D eigenvalue weighted by molar-refractivity contribution is -0.153. The maximum absolute atomic E-state index is 11.9. The Bertz CT molecular complexity index is 751. The highest BCUT2D eigenvalue weighted by Gasteiger charge is 2.16. The topological polar surface area (TPSA) is 93.9 Å². The van der Waals surface area contributed by atoms with Gasteiger partial charge in [-0.25, -0.2) is 4.98 Å². The molecule has 1 aromatic heterocycles. The highest BCUT2D eigenvalue weighted by Crippen LogP contribution is 2.15. The van der Waals surface area contributed by atoms with E-state index >= 15 is 0 Å². The van der Waals surface area contributed by atoms with Gasteiger partial charge in [0.05, 0.1) is 19.3 Å². The molecule has 6 heteroatoms. The van der Waals surface area contributed by atoms with Gasteiger partial charge in [0, 0.05) is 0 Å². The third-order valence-electron chi connectivity index (χ3n) is 3.10. The van der Waals surface area contributed by atoms with Crippen molar-refractivity contribution in [2.45, 2.75) is 39.3 Å². The van der Waals surface area contributed by atoms with Gasteiger partial charge in [0.1, 0.15) is 17.5 Å². The Labute approximate surface area is 135 Å². The molecule has 0 saturated carbocycles. The van der Waals surface area contributed by atoms with Gasteiger partial charge < -0.3 is 15.0 Å². The molecule has 0 amide bonds. The molecule has 0 bridgehead atoms. The maximum atomic E-state index is 11.9. The van der Waals surface area contributed by atoms with Crippen molar-refractivity contribution in [3.05, 3.63) is 47.4 Å². The Morgan fingerprint density at radius 2 is 2.09 bits per heavy atom. The smallest absolute Gasteiger partial charge is 0.310 e. The van der Waals surface area contributed by atoms with Crippen LogP contribution >= 0.6 is 0 Å². The molecule has 1 heterocycles. The molecule has 0 atom stereocenters. The van der Waals surface area contributed by atoms with Crippen LogP contribution in [0.4, 0.5) is 5.82 Å². The van der Waals surface area contributed by atoms with E-state index in [9.17, 15) is 4.79 Å². The van der Waals surface area contributed by atoms with E-state index in [0.29, 0.717) is 12.4 Å². The van der Waals surface area contributed by atoms with E-state index in [-0.39, 0.29) is 18.1 Å². The number of carbonyl (C=O) groups is 1. The quantitative estimate of drug-likeness (QED) is 0.874. The molecule has 120 valence electrons. The lowest BCUT2D eigenvalue weighted by atomic mass is 10.1. The summed E-state index contributed by atoms with van der Waals surface area (Å²) in [6, 6.07) is 9.57. The second-order valence-corrected chi connectivity index (χ2v) is 6.30. The average Bonchev–Trinajstić information content (AvgIpc) is 2.78. The number of anilines is 1. The zero-order valence-electron chi connectivity index (χ0n) is 13.5. The Hall–Kier alpha value is -2.81. The Morgan fingerprint density at radius 3 is 2.70 bits per heavy atom. The summed E-state index contributed by atoms with van der Waals surface area (Å²) in [6.45, 7) is 6.02. The number of esters is 1. The van der Waals surface area contributed by atoms with E-state index in [1.807, 2.05) is 51.1 Å². The van der Waals surface area contributed by atoms with E-state index in [1.54, 1.807) is 4.57 Å². The molecule has 0 aliphatic heterocycles. The van der Waals surface area contributed by atoms with Crippen molar-refractivity contribution in [2.24, 2.45) is 0 Å². The number of nitrogens with zero attached hydrogens (tertiary/aromatic N) is 3. The maximum Gasteiger partial charge on any atom is 0.310 e. The average molecular weight is 312 g/mol. The summed E-state index contributed by atoms with van der Waals surface area (Å²) < 4.78 is 7.03. The number of rotatable bonds is 4. The highest BCUT2D eigenvalue weighted by atomic mass is 16.6. The summed E-state index contributed by atoms with van der Waals surface area (Å²) in [5.41, 5.74) is 7.42. The number of nitriles is 1. The number of hydrogen-bond donors (Lipinski definition) is 1. The Balaban J connectivity index is 2.09. The standard InChI is InChI=1S/C17H20N4O2/c1-17(2,3)23-15(22)8-12-5-4-6-13(7-12)10-21-11-20-14(9-18)16(21)19/h4-7,11H,8,10,19H2,1-3H3. The van der Waals surface area contributed by atoms with Gasteiger partial charge >= 0.3 is 5.97 Å². The lowest BCUT2D eigenvalue weighted by Crippen LogP contribution is -2.24. The van der Waals surface area contributed by atoms with Crippen LogP contribution in [-0.4, -0.2) is 21.1 Å². The fraction of sp³-hybridized carbons (Fsp3) is 0.353. The number of ether oxygens (including phenoxy) is 1. The summed E-state index contributed by atoms with van der Waals surface area (Å²) in [7, 11) is 0. The first kappa shape index (κ1) is 16.6. The number of carbonyl (C=O) groups excluding carboxylic acids is 1. The minimum atomic E-state index is -0.492. The molecular formula is C17H20N4O2. The number of imidazole rings is 1. The normalized spacial score (nSPS) is 11.0. The van der Waals surface area contributed by atoms with Gasteiger partial charge in [-0.2, -0.15) is 5.26 Å². The molecule has 0 aliphatic carbocycles. The lowest BCUT2D eigenvalue weighted by Gasteiger charge is -2.19. The number of nitrogens with two attached hydrogens (primary N) is 1. The monoisotopic (exact) mass is 312 g/mol. The third-order valence-corrected chi connectivity index (χ3v) is 3.10. The van der Waals surface area contributed by atoms with E-state index in [2.05, 4.69) is 4.98 Å². The first-order valence-electron chi connectivity index (χ1n) is 7.29. The van der Waals surface area contributed by atoms with Crippen molar-refractivity contribution in [1.82, 2.24) is 9.55 Å². The zero-order chi connectivity index (χ0) is 17.0. The van der Waals surface area contributed by atoms with E-state index in [4.69, 9.17) is 15.7 Å². The first-order chi connectivity index (χ1) is 10.8. The number of benzene rings is 1. The number of aromatic nitrogens is 2. The molecule has 6 nitrogen and oxygen atoms in total. The molecule has 1 aromatic carbocycles. The molecule has 0 fully saturated rings. The van der Waals surface area contributed by atoms with E-state index in [1.165, 1.54) is 6.33 Å². The van der Waals surface area contributed by atoms with Crippen LogP contribution in [0.5, 0.6) is 0 Å². The van der Waals surface area contributed by atoms with Gasteiger partial charge in [0.2, 0.25) is 0 Å². The number of nitrogen functional groups attached to an aromatic ring is 1. The minimum absolute atomic E-state index is 0.216. The largest absolute Gasteiger partial charge is 0.460 e. The summed E-state index contributed by atoms with van der Waals surface area (Å²) >= 11 is 0. The van der Waals surface area contributed by atoms with Crippen LogP contribution in [0.25, 0.3) is 0 Å². The molecule has 0 unspecified atom stereocenters. The van der Waals surface area contributed by atoms with Gasteiger partial charge in [0.15, 0.2) is 5.69 Å². The van der Waals surface area contributed by atoms with E-state index < -0.39 is 5.60 Å². The van der Waals surface area contributed by atoms with Crippen LogP contribution in [0.3, 0.4) is 0 Å². The molecule has 0 radical (unpaired) electrons. The molecule has 2 aromatic rings. The molecule has 0 aliphatic rings. The van der Waals surface area contributed by atoms with Crippen molar-refractivity contribution in [3.8, 4) is 6.07 Å². The Morgan fingerprint density at radius 1 is 1.39 bits per heavy atom. The summed E-state index contributed by atoms with van der Waals surface area (Å²) in [5, 5.41) is 8.88. The van der Waals surface area contributed by atoms with Crippen LogP contribution in [0.2, 0.25) is 0 Å². The molecule has 2 rings (SSSR count). The van der Waals surface area contributed by atoms with Gasteiger partial charge in [-0.1, -0.05) is 24.3 Å². The van der Waals surface area contributed by atoms with Crippen LogP contribution in [-0.2, 0) is 22.5 Å². The second kappa shape index (κ2) is 6.53. The van der Waals surface area contributed by atoms with E-state index in [0.717, 1.165) is 11.1 Å². The van der Waals surface area contributed by atoms with Crippen molar-refractivity contribution >= 4 is 11.8 Å². The first-order valence-corrected chi connectivity index (χ1v) is 7.29. The summed E-state index contributed by atoms with van der Waals surface area (Å²) in [6.07, 6.45) is 1.75. The van der Waals surface area contributed by atoms with Crippen molar-refractivity contribution in [3.63, 3.8) is 0 Å². The van der Waals surface area contributed by atoms with Gasteiger partial charge in [-0.15, -0.1) is 0 Å². The SMILES string of the molecule is CC(C)(C)OC(=O)Cc1cccc(Cn2cnc(C#N)c2N)c1. The number of hydrogen-bond acceptors (Lipinski definition) is 5. The molecular weight excluding hydrogens is 292 g/mol. The molecule has 0 saturated heterocycles. The minimum Gasteiger partial charge on any atom is -0.460 e. The predicted octanol–water partition coefficient (Wildman–Crippen LogP) is 2.27. The highest BCUT2D eigenvalue weighted by molar-refractivity contribution is 5.73. The van der Waals surface area contributed by atoms with Crippen LogP contribution in [0.1, 0.15) is 37.6 Å². The van der Waals surface area contributed by atoms with Gasteiger partial charge in [-0.3, -0.25) is 4.79 Å². The van der Waals surface area contributed by atoms with Crippen LogP contribution < -0.4 is 5.73 Å². The van der Waals surface area contributed by atoms with Crippen molar-refractivity contribution in [1.29, 1.82) is 5.26 Å². The van der Waals surface area contributed by atoms with Gasteiger partial charge in [0.25, 0.3) is 0 Å². The van der Waals surface area contributed by atoms with Crippen molar-refractivity contribution in [2.75, 3.05) is 5.73 Å². The van der Waals surface area contributed by atoms with Crippen molar-refractivity contribution < 1.29 is 9.53 Å². The molecule has 23 heavy (non-hydrogen) atoms. The molecule has 0 spiro atoms. The zero-order valence-corrected chi connectivity index (χ0v) is 13.5. The van der Waals surface area contributed by atoms with Gasteiger partial charge in [-0.05, 0) is 31.9 Å². The van der Waals surface area contributed by atoms with Crippen LogP contribution in [0, 0.1) is 11.3 Å². The summed E-state index contributed by atoms with van der Waals surface area (Å²) in [4.78, 5) is 15.8. The molecule has 2 N–H and O–H groups in total. The summed E-state index contributed by atoms with van der Waals surface area (Å²) in [5.74, 6) is 0.0774. The predicted molar refractivity (Wildman–Crippen MR) is 86.4 cm³/mol. The fourth-order valence-electron chi connectivity index (χ4n) is 2.18. The third kappa shape index (κ3) is 4.58. The fourth-order valence-corrected chi connectivity index (χ4v) is 2.18. The van der Waals surface area contributed by atoms with Crippen LogP contribution in [0.15, 0.2) is 30.6 Å². The Kier molecular flexibility index (Phi) is 4.70.